The molecule has 6 nitrogen and oxygen atoms in total. The van der Waals surface area contributed by atoms with Gasteiger partial charge >= 0.3 is 0 Å². The fourth-order valence-corrected chi connectivity index (χ4v) is 1.70. The Morgan fingerprint density at radius 2 is 2.00 bits per heavy atom. The number of nitro benzene ring substituents is 1. The summed E-state index contributed by atoms with van der Waals surface area (Å²) in [5.41, 5.74) is 7.43. The number of nitrogen functional groups attached to an aromatic ring is 1. The largest absolute Gasteiger partial charge is 0.399 e. The van der Waals surface area contributed by atoms with Gasteiger partial charge in [-0.25, -0.2) is 5.11 Å². The van der Waals surface area contributed by atoms with Crippen LogP contribution in [-0.2, 0) is 11.7 Å². The molecule has 0 amide bonds. The molecule has 6 heteroatoms. The predicted octanol–water partition coefficient (Wildman–Crippen LogP) is 2.85. The molecule has 0 heterocycles. The van der Waals surface area contributed by atoms with Gasteiger partial charge in [-0.1, -0.05) is 12.1 Å². The van der Waals surface area contributed by atoms with Crippen molar-refractivity contribution < 1.29 is 10.0 Å². The van der Waals surface area contributed by atoms with E-state index in [4.69, 9.17) is 5.73 Å². The molecule has 19 heavy (non-hydrogen) atoms. The van der Waals surface area contributed by atoms with E-state index in [0.717, 1.165) is 0 Å². The second kappa shape index (κ2) is 5.36. The van der Waals surface area contributed by atoms with E-state index in [0.29, 0.717) is 22.6 Å². The molecule has 0 aliphatic heterocycles. The molecule has 0 unspecified atom stereocenters. The molecule has 2 rings (SSSR count). The standard InChI is InChI=1S/C13H12N3O3/c14-10-2-1-3-11(7-10)15-12-5-4-9(8-17)6-13(12)16(18)19/h1-7,15H,8,14H2. The molecule has 0 fully saturated rings. The number of nitrogens with two attached hydrogens (primary N) is 1. The van der Waals surface area contributed by atoms with Crippen LogP contribution in [0.5, 0.6) is 0 Å². The Morgan fingerprint density at radius 1 is 1.21 bits per heavy atom. The first-order chi connectivity index (χ1) is 9.10. The van der Waals surface area contributed by atoms with E-state index in [2.05, 4.69) is 5.32 Å². The Morgan fingerprint density at radius 3 is 2.63 bits per heavy atom. The van der Waals surface area contributed by atoms with Gasteiger partial charge in [0.2, 0.25) is 0 Å². The van der Waals surface area contributed by atoms with E-state index in [9.17, 15) is 15.2 Å². The Hall–Kier alpha value is -2.60. The maximum absolute atomic E-state index is 11.0. The third-order valence-electron chi connectivity index (χ3n) is 2.59. The number of nitrogens with zero attached hydrogens (tertiary/aromatic N) is 1. The van der Waals surface area contributed by atoms with Crippen LogP contribution in [0.3, 0.4) is 0 Å². The lowest BCUT2D eigenvalue weighted by Crippen LogP contribution is -1.98. The zero-order chi connectivity index (χ0) is 13.8. The molecule has 3 N–H and O–H groups in total. The quantitative estimate of drug-likeness (QED) is 0.500. The van der Waals surface area contributed by atoms with Crippen molar-refractivity contribution in [1.82, 2.24) is 0 Å². The summed E-state index contributed by atoms with van der Waals surface area (Å²) in [6, 6.07) is 11.3. The molecule has 0 aliphatic rings. The Bertz CT molecular complexity index is 614. The molecule has 2 aromatic carbocycles. The van der Waals surface area contributed by atoms with Crippen molar-refractivity contribution in [2.24, 2.45) is 0 Å². The van der Waals surface area contributed by atoms with Gasteiger partial charge in [0, 0.05) is 17.4 Å². The van der Waals surface area contributed by atoms with Gasteiger partial charge in [0.15, 0.2) is 0 Å². The van der Waals surface area contributed by atoms with Gasteiger partial charge in [0.25, 0.3) is 5.69 Å². The number of nitrogens with one attached hydrogen (secondary N) is 1. The first kappa shape index (κ1) is 12.8. The van der Waals surface area contributed by atoms with Crippen LogP contribution in [0, 0.1) is 10.1 Å². The number of hydrogen-bond donors (Lipinski definition) is 2. The minimum absolute atomic E-state index is 0.129. The molecular weight excluding hydrogens is 246 g/mol. The van der Waals surface area contributed by atoms with Crippen LogP contribution in [0.25, 0.3) is 0 Å². The number of rotatable bonds is 4. The second-order valence-electron chi connectivity index (χ2n) is 4.00. The Balaban J connectivity index is 2.36. The molecule has 97 valence electrons. The highest BCUT2D eigenvalue weighted by molar-refractivity contribution is 5.71. The normalized spacial score (nSPS) is 10.2. The molecule has 2 aromatic rings. The fraction of sp³-hybridized carbons (Fsp3) is 0.0769. The topological polar surface area (TPSA) is 101 Å². The van der Waals surface area contributed by atoms with E-state index in [-0.39, 0.29) is 5.69 Å². The molecule has 0 aromatic heterocycles. The Kier molecular flexibility index (Phi) is 3.63. The van der Waals surface area contributed by atoms with Crippen LogP contribution in [0.1, 0.15) is 5.56 Å². The third-order valence-corrected chi connectivity index (χ3v) is 2.59. The summed E-state index contributed by atoms with van der Waals surface area (Å²) >= 11 is 0. The van der Waals surface area contributed by atoms with Crippen molar-refractivity contribution in [3.8, 4) is 0 Å². The highest BCUT2D eigenvalue weighted by atomic mass is 16.6. The molecule has 0 aliphatic carbocycles. The first-order valence-corrected chi connectivity index (χ1v) is 5.58. The number of nitro groups is 1. The summed E-state index contributed by atoms with van der Waals surface area (Å²) in [4.78, 5) is 10.5. The van der Waals surface area contributed by atoms with Crippen LogP contribution >= 0.6 is 0 Å². The molecule has 0 saturated heterocycles. The van der Waals surface area contributed by atoms with E-state index < -0.39 is 11.5 Å². The van der Waals surface area contributed by atoms with Crippen molar-refractivity contribution in [2.75, 3.05) is 11.1 Å². The number of anilines is 3. The van der Waals surface area contributed by atoms with E-state index in [1.165, 1.54) is 12.1 Å². The van der Waals surface area contributed by atoms with Crippen molar-refractivity contribution in [1.29, 1.82) is 0 Å². The van der Waals surface area contributed by atoms with Gasteiger partial charge in [0.05, 0.1) is 4.92 Å². The van der Waals surface area contributed by atoms with E-state index in [1.807, 2.05) is 0 Å². The smallest absolute Gasteiger partial charge is 0.293 e. The third kappa shape index (κ3) is 2.99. The molecule has 0 saturated carbocycles. The van der Waals surface area contributed by atoms with E-state index >= 15 is 0 Å². The minimum Gasteiger partial charge on any atom is -0.399 e. The number of hydrogen-bond acceptors (Lipinski definition) is 4. The van der Waals surface area contributed by atoms with Gasteiger partial charge in [-0.2, -0.15) is 0 Å². The molecule has 0 atom stereocenters. The summed E-state index contributed by atoms with van der Waals surface area (Å²) < 4.78 is 0. The monoisotopic (exact) mass is 258 g/mol. The lowest BCUT2D eigenvalue weighted by atomic mass is 10.1. The Labute approximate surface area is 109 Å². The van der Waals surface area contributed by atoms with E-state index in [1.54, 1.807) is 30.3 Å². The molecule has 0 bridgehead atoms. The van der Waals surface area contributed by atoms with Crippen molar-refractivity contribution in [3.63, 3.8) is 0 Å². The van der Waals surface area contributed by atoms with Gasteiger partial charge in [-0.05, 0) is 29.8 Å². The lowest BCUT2D eigenvalue weighted by Gasteiger charge is -2.08. The minimum atomic E-state index is -0.520. The molecule has 1 radical (unpaired) electrons. The van der Waals surface area contributed by atoms with Gasteiger partial charge in [-0.15, -0.1) is 0 Å². The summed E-state index contributed by atoms with van der Waals surface area (Å²) in [5, 5.41) is 24.7. The van der Waals surface area contributed by atoms with Crippen LogP contribution in [0.4, 0.5) is 22.7 Å². The van der Waals surface area contributed by atoms with Gasteiger partial charge in [-0.3, -0.25) is 10.1 Å². The summed E-state index contributed by atoms with van der Waals surface area (Å²) in [6.07, 6.45) is 0. The van der Waals surface area contributed by atoms with Crippen LogP contribution < -0.4 is 11.1 Å². The van der Waals surface area contributed by atoms with Crippen LogP contribution in [0.15, 0.2) is 42.5 Å². The summed E-state index contributed by atoms with van der Waals surface area (Å²) in [6.45, 7) is -0.487. The molecular formula is C13H12N3O3. The van der Waals surface area contributed by atoms with Gasteiger partial charge < -0.3 is 11.1 Å². The summed E-state index contributed by atoms with van der Waals surface area (Å²) in [7, 11) is 0. The maximum atomic E-state index is 11.0. The van der Waals surface area contributed by atoms with Crippen molar-refractivity contribution >= 4 is 22.7 Å². The zero-order valence-electron chi connectivity index (χ0n) is 10.00. The van der Waals surface area contributed by atoms with Crippen molar-refractivity contribution in [3.05, 3.63) is 58.1 Å². The van der Waals surface area contributed by atoms with Crippen LogP contribution in [0.2, 0.25) is 0 Å². The zero-order valence-corrected chi connectivity index (χ0v) is 10.00. The highest BCUT2D eigenvalue weighted by Crippen LogP contribution is 2.29. The van der Waals surface area contributed by atoms with Crippen molar-refractivity contribution in [2.45, 2.75) is 6.61 Å². The van der Waals surface area contributed by atoms with Gasteiger partial charge in [0.1, 0.15) is 12.3 Å². The SMILES string of the molecule is Nc1cccc(Nc2ccc(C[O])cc2[N+](=O)[O-])c1. The number of benzene rings is 2. The first-order valence-electron chi connectivity index (χ1n) is 5.58. The predicted molar refractivity (Wildman–Crippen MR) is 71.6 cm³/mol. The average molecular weight is 258 g/mol. The maximum Gasteiger partial charge on any atom is 0.293 e. The summed E-state index contributed by atoms with van der Waals surface area (Å²) in [5.74, 6) is 0. The van der Waals surface area contributed by atoms with Crippen LogP contribution in [-0.4, -0.2) is 4.92 Å². The average Bonchev–Trinajstić information content (AvgIpc) is 2.39. The molecule has 0 spiro atoms. The fourth-order valence-electron chi connectivity index (χ4n) is 1.70. The lowest BCUT2D eigenvalue weighted by molar-refractivity contribution is -0.384. The highest BCUT2D eigenvalue weighted by Gasteiger charge is 2.14. The second-order valence-corrected chi connectivity index (χ2v) is 4.00.